The van der Waals surface area contributed by atoms with Crippen LogP contribution in [0.4, 0.5) is 0 Å². The van der Waals surface area contributed by atoms with Crippen LogP contribution in [-0.2, 0) is 14.2 Å². The molecule has 1 amide bonds. The third kappa shape index (κ3) is 7.72. The van der Waals surface area contributed by atoms with Crippen LogP contribution in [0.15, 0.2) is 38.6 Å². The van der Waals surface area contributed by atoms with Crippen LogP contribution in [0.5, 0.6) is 5.75 Å². The number of methoxy groups -OCH3 is 1. The Balaban J connectivity index is 1.61. The van der Waals surface area contributed by atoms with Crippen molar-refractivity contribution >= 4 is 16.9 Å². The van der Waals surface area contributed by atoms with Crippen LogP contribution in [-0.4, -0.2) is 65.7 Å². The topological polar surface area (TPSA) is 145 Å². The van der Waals surface area contributed by atoms with Crippen molar-refractivity contribution in [3.63, 3.8) is 0 Å². The molecule has 11 heteroatoms. The summed E-state index contributed by atoms with van der Waals surface area (Å²) in [5.41, 5.74) is 7.66. The first kappa shape index (κ1) is 23.2. The van der Waals surface area contributed by atoms with Crippen molar-refractivity contribution in [2.75, 3.05) is 59.8 Å². The molecular formula is C19H24N4O7. The average molecular weight is 420 g/mol. The van der Waals surface area contributed by atoms with Gasteiger partial charge in [-0.15, -0.1) is 0 Å². The van der Waals surface area contributed by atoms with Crippen LogP contribution < -0.4 is 15.7 Å². The zero-order valence-electron chi connectivity index (χ0n) is 16.7. The van der Waals surface area contributed by atoms with Gasteiger partial charge in [0, 0.05) is 29.5 Å². The maximum atomic E-state index is 12.2. The molecule has 0 atom stereocenters. The lowest BCUT2D eigenvalue weighted by Crippen LogP contribution is -2.31. The van der Waals surface area contributed by atoms with Crippen LogP contribution in [0.3, 0.4) is 0 Å². The molecule has 2 rings (SSSR count). The predicted molar refractivity (Wildman–Crippen MR) is 108 cm³/mol. The van der Waals surface area contributed by atoms with E-state index in [1.54, 1.807) is 18.2 Å². The minimum Gasteiger partial charge on any atom is -0.497 e. The monoisotopic (exact) mass is 420 g/mol. The smallest absolute Gasteiger partial charge is 0.349 e. The lowest BCUT2D eigenvalue weighted by atomic mass is 10.1. The van der Waals surface area contributed by atoms with Crippen molar-refractivity contribution in [3.8, 4) is 5.75 Å². The molecule has 0 aliphatic heterocycles. The van der Waals surface area contributed by atoms with Gasteiger partial charge in [0.25, 0.3) is 5.91 Å². The number of amides is 1. The number of carbonyl (C=O) groups excluding carboxylic acids is 1. The van der Waals surface area contributed by atoms with E-state index in [2.05, 4.69) is 15.3 Å². The zero-order chi connectivity index (χ0) is 21.6. The summed E-state index contributed by atoms with van der Waals surface area (Å²) in [6.45, 7) is 2.70. The van der Waals surface area contributed by atoms with E-state index in [-0.39, 0.29) is 18.7 Å². The first-order valence-corrected chi connectivity index (χ1v) is 9.30. The lowest BCUT2D eigenvalue weighted by Gasteiger charge is -2.08. The number of ether oxygens (including phenoxy) is 4. The van der Waals surface area contributed by atoms with Gasteiger partial charge in [0.05, 0.1) is 46.8 Å². The van der Waals surface area contributed by atoms with E-state index in [1.165, 1.54) is 13.2 Å². The molecule has 0 unspecified atom stereocenters. The molecule has 0 aliphatic rings. The van der Waals surface area contributed by atoms with Crippen molar-refractivity contribution in [2.24, 2.45) is 5.11 Å². The Labute approximate surface area is 172 Å². The molecule has 0 saturated heterocycles. The largest absolute Gasteiger partial charge is 0.497 e. The molecule has 2 aromatic rings. The highest BCUT2D eigenvalue weighted by molar-refractivity contribution is 5.96. The summed E-state index contributed by atoms with van der Waals surface area (Å²) in [6.07, 6.45) is 0. The Morgan fingerprint density at radius 1 is 1.10 bits per heavy atom. The van der Waals surface area contributed by atoms with Crippen LogP contribution in [0.25, 0.3) is 21.4 Å². The number of azide groups is 1. The van der Waals surface area contributed by atoms with Gasteiger partial charge in [-0.05, 0) is 23.7 Å². The molecule has 1 N–H and O–H groups in total. The summed E-state index contributed by atoms with van der Waals surface area (Å²) < 4.78 is 26.1. The highest BCUT2D eigenvalue weighted by Gasteiger charge is 2.13. The number of carbonyl (C=O) groups is 1. The Morgan fingerprint density at radius 2 is 1.80 bits per heavy atom. The van der Waals surface area contributed by atoms with Crippen molar-refractivity contribution in [2.45, 2.75) is 0 Å². The van der Waals surface area contributed by atoms with E-state index in [9.17, 15) is 9.59 Å². The minimum atomic E-state index is -0.718. The van der Waals surface area contributed by atoms with Crippen LogP contribution >= 0.6 is 0 Å². The van der Waals surface area contributed by atoms with Crippen LogP contribution in [0, 0.1) is 0 Å². The second kappa shape index (κ2) is 13.2. The molecular weight excluding hydrogens is 396 g/mol. The first-order chi connectivity index (χ1) is 14.7. The summed E-state index contributed by atoms with van der Waals surface area (Å²) in [4.78, 5) is 26.9. The number of benzene rings is 1. The molecule has 0 spiro atoms. The molecule has 1 heterocycles. The van der Waals surface area contributed by atoms with E-state index in [0.717, 1.165) is 0 Å². The Hall–Kier alpha value is -3.11. The van der Waals surface area contributed by atoms with Gasteiger partial charge in [-0.25, -0.2) is 4.79 Å². The number of hydrogen-bond acceptors (Lipinski definition) is 8. The number of nitrogens with zero attached hydrogens (tertiary/aromatic N) is 3. The number of fused-ring (bicyclic) bond motifs is 1. The molecule has 11 nitrogen and oxygen atoms in total. The number of rotatable bonds is 14. The zero-order valence-corrected chi connectivity index (χ0v) is 16.7. The van der Waals surface area contributed by atoms with E-state index in [4.69, 9.17) is 28.9 Å². The maximum absolute atomic E-state index is 12.2. The molecule has 0 bridgehead atoms. The normalized spacial score (nSPS) is 10.6. The molecule has 1 aromatic carbocycles. The van der Waals surface area contributed by atoms with Crippen LogP contribution in [0.1, 0.15) is 10.4 Å². The molecule has 30 heavy (non-hydrogen) atoms. The third-order valence-corrected chi connectivity index (χ3v) is 3.86. The Bertz CT molecular complexity index is 925. The van der Waals surface area contributed by atoms with Crippen molar-refractivity contribution < 1.29 is 28.2 Å². The summed E-state index contributed by atoms with van der Waals surface area (Å²) >= 11 is 0. The fraction of sp³-hybridized carbons (Fsp3) is 0.474. The first-order valence-electron chi connectivity index (χ1n) is 9.30. The van der Waals surface area contributed by atoms with Gasteiger partial charge in [0.15, 0.2) is 0 Å². The second-order valence-electron chi connectivity index (χ2n) is 5.90. The van der Waals surface area contributed by atoms with E-state index in [1.807, 2.05) is 0 Å². The lowest BCUT2D eigenvalue weighted by molar-refractivity contribution is 0.0166. The van der Waals surface area contributed by atoms with E-state index >= 15 is 0 Å². The molecule has 0 saturated carbocycles. The average Bonchev–Trinajstić information content (AvgIpc) is 2.75. The Kier molecular flexibility index (Phi) is 10.2. The fourth-order valence-electron chi connectivity index (χ4n) is 2.40. The second-order valence-corrected chi connectivity index (χ2v) is 5.90. The van der Waals surface area contributed by atoms with E-state index < -0.39 is 11.5 Å². The van der Waals surface area contributed by atoms with E-state index in [0.29, 0.717) is 56.3 Å². The Morgan fingerprint density at radius 3 is 2.50 bits per heavy atom. The van der Waals surface area contributed by atoms with Crippen molar-refractivity contribution in [1.82, 2.24) is 5.32 Å². The molecule has 0 aliphatic carbocycles. The van der Waals surface area contributed by atoms with Crippen LogP contribution in [0.2, 0.25) is 0 Å². The quantitative estimate of drug-likeness (QED) is 0.161. The highest BCUT2D eigenvalue weighted by Crippen LogP contribution is 2.20. The predicted octanol–water partition coefficient (Wildman–Crippen LogP) is 1.89. The SMILES string of the molecule is COc1ccc2cc(C(=O)NCCOCCOCCOCCN=[N+]=[N-])c(=O)oc2c1. The third-order valence-electron chi connectivity index (χ3n) is 3.86. The van der Waals surface area contributed by atoms with Crippen molar-refractivity contribution in [3.05, 3.63) is 50.7 Å². The minimum absolute atomic E-state index is 0.0727. The molecule has 162 valence electrons. The van der Waals surface area contributed by atoms with Crippen molar-refractivity contribution in [1.29, 1.82) is 0 Å². The molecule has 0 radical (unpaired) electrons. The highest BCUT2D eigenvalue weighted by atomic mass is 16.5. The number of hydrogen-bond donors (Lipinski definition) is 1. The van der Waals surface area contributed by atoms with Gasteiger partial charge in [-0.1, -0.05) is 5.11 Å². The molecule has 0 fully saturated rings. The standard InChI is InChI=1S/C19H24N4O7/c1-26-15-3-2-14-12-16(19(25)30-17(14)13-15)18(24)21-4-6-27-8-10-29-11-9-28-7-5-22-23-20/h2-3,12-13H,4-11H2,1H3,(H,21,24). The summed E-state index contributed by atoms with van der Waals surface area (Å²) in [6, 6.07) is 6.50. The van der Waals surface area contributed by atoms with Gasteiger partial charge in [-0.3, -0.25) is 4.79 Å². The number of nitrogens with one attached hydrogen (secondary N) is 1. The summed E-state index contributed by atoms with van der Waals surface area (Å²) in [7, 11) is 1.51. The molecule has 1 aromatic heterocycles. The van der Waals surface area contributed by atoms with Gasteiger partial charge < -0.3 is 28.7 Å². The van der Waals surface area contributed by atoms with Gasteiger partial charge in [-0.2, -0.15) is 0 Å². The van der Waals surface area contributed by atoms with Gasteiger partial charge >= 0.3 is 5.63 Å². The summed E-state index contributed by atoms with van der Waals surface area (Å²) in [5.74, 6) is 0.0287. The van der Waals surface area contributed by atoms with Gasteiger partial charge in [0.2, 0.25) is 0 Å². The fourth-order valence-corrected chi connectivity index (χ4v) is 2.40. The maximum Gasteiger partial charge on any atom is 0.349 e. The van der Waals surface area contributed by atoms with Gasteiger partial charge in [0.1, 0.15) is 16.9 Å². The summed E-state index contributed by atoms with van der Waals surface area (Å²) in [5, 5.41) is 6.58.